The summed E-state index contributed by atoms with van der Waals surface area (Å²) < 4.78 is 0. The first-order valence-electron chi connectivity index (χ1n) is 10.6. The van der Waals surface area contributed by atoms with E-state index >= 15 is 0 Å². The maximum atomic E-state index is 13.0. The molecule has 3 aromatic rings. The van der Waals surface area contributed by atoms with Gasteiger partial charge in [0.05, 0.1) is 16.9 Å². The van der Waals surface area contributed by atoms with E-state index in [-0.39, 0.29) is 17.6 Å². The van der Waals surface area contributed by atoms with Crippen LogP contribution in [-0.2, 0) is 19.9 Å². The molecule has 1 heterocycles. The number of hydrogen-bond acceptors (Lipinski definition) is 5. The Labute approximate surface area is 192 Å². The Hall–Kier alpha value is -4.33. The minimum atomic E-state index is -0.409. The predicted molar refractivity (Wildman–Crippen MR) is 123 cm³/mol. The fourth-order valence-electron chi connectivity index (χ4n) is 4.10. The lowest BCUT2D eigenvalue weighted by Crippen LogP contribution is -2.44. The second-order valence-corrected chi connectivity index (χ2v) is 7.68. The number of nitrogens with zero attached hydrogens (tertiary/aromatic N) is 2. The monoisotopic (exact) mass is 437 g/mol. The van der Waals surface area contributed by atoms with Gasteiger partial charge in [0.2, 0.25) is 0 Å². The predicted octanol–water partition coefficient (Wildman–Crippen LogP) is 4.66. The first-order valence-corrected chi connectivity index (χ1v) is 10.6. The van der Waals surface area contributed by atoms with E-state index in [0.717, 1.165) is 42.5 Å². The lowest BCUT2D eigenvalue weighted by molar-refractivity contribution is -0.191. The lowest BCUT2D eigenvalue weighted by atomic mass is 9.88. The molecular formula is C27H23N3O3. The highest BCUT2D eigenvalue weighted by molar-refractivity contribution is 6.02. The summed E-state index contributed by atoms with van der Waals surface area (Å²) in [5.74, 6) is -0.352. The van der Waals surface area contributed by atoms with Crippen molar-refractivity contribution in [2.75, 3.05) is 0 Å². The molecule has 1 saturated carbocycles. The number of hydrogen-bond donors (Lipinski definition) is 1. The van der Waals surface area contributed by atoms with E-state index in [4.69, 9.17) is 9.59 Å². The van der Waals surface area contributed by atoms with Crippen molar-refractivity contribution in [2.45, 2.75) is 31.2 Å². The quantitative estimate of drug-likeness (QED) is 0.462. The maximum absolute atomic E-state index is 13.0. The Kier molecular flexibility index (Phi) is 8.02. The summed E-state index contributed by atoms with van der Waals surface area (Å²) in [7, 11) is 0. The van der Waals surface area contributed by atoms with Gasteiger partial charge in [-0.05, 0) is 36.6 Å². The first-order chi connectivity index (χ1) is 16.1. The number of carbonyl (C=O) groups excluding carboxylic acids is 3. The molecule has 0 spiro atoms. The Morgan fingerprint density at radius 3 is 2.12 bits per heavy atom. The molecule has 4 rings (SSSR count). The molecule has 2 aromatic carbocycles. The summed E-state index contributed by atoms with van der Waals surface area (Å²) in [6, 6.07) is 27.5. The third kappa shape index (κ3) is 5.88. The Morgan fingerprint density at radius 2 is 1.52 bits per heavy atom. The van der Waals surface area contributed by atoms with E-state index < -0.39 is 5.54 Å². The fourth-order valence-corrected chi connectivity index (χ4v) is 4.10. The van der Waals surface area contributed by atoms with Crippen LogP contribution in [-0.4, -0.2) is 17.0 Å². The second kappa shape index (κ2) is 11.3. The van der Waals surface area contributed by atoms with Crippen LogP contribution >= 0.6 is 0 Å². The molecule has 0 radical (unpaired) electrons. The molecule has 1 aliphatic carbocycles. The molecule has 0 bridgehead atoms. The summed E-state index contributed by atoms with van der Waals surface area (Å²) >= 11 is 0. The molecule has 0 unspecified atom stereocenters. The zero-order valence-electron chi connectivity index (χ0n) is 18.0. The van der Waals surface area contributed by atoms with Crippen molar-refractivity contribution < 1.29 is 14.4 Å². The van der Waals surface area contributed by atoms with Crippen molar-refractivity contribution in [1.29, 1.82) is 5.26 Å². The second-order valence-electron chi connectivity index (χ2n) is 7.68. The van der Waals surface area contributed by atoms with Crippen molar-refractivity contribution in [3.63, 3.8) is 0 Å². The zero-order chi connectivity index (χ0) is 23.5. The smallest absolute Gasteiger partial charge is 0.342 e. The number of amides is 1. The van der Waals surface area contributed by atoms with Gasteiger partial charge in [0, 0.05) is 5.56 Å². The third-order valence-corrected chi connectivity index (χ3v) is 5.63. The summed E-state index contributed by atoms with van der Waals surface area (Å²) in [6.07, 6.45) is 5.69. The number of carbonyl (C=O) groups is 1. The van der Waals surface area contributed by atoms with Crippen molar-refractivity contribution in [3.8, 4) is 17.3 Å². The van der Waals surface area contributed by atoms with Crippen LogP contribution in [0.3, 0.4) is 0 Å². The zero-order valence-corrected chi connectivity index (χ0v) is 18.0. The minimum absolute atomic E-state index is 0.0647. The number of pyridine rings is 1. The number of rotatable bonds is 5. The van der Waals surface area contributed by atoms with Gasteiger partial charge in [-0.1, -0.05) is 79.6 Å². The van der Waals surface area contributed by atoms with Crippen LogP contribution in [0.1, 0.15) is 36.9 Å². The van der Waals surface area contributed by atoms with Crippen LogP contribution in [0.15, 0.2) is 84.4 Å². The molecular weight excluding hydrogens is 414 g/mol. The average molecular weight is 437 g/mol. The Balaban J connectivity index is 0.000000968. The maximum Gasteiger partial charge on any atom is 0.373 e. The van der Waals surface area contributed by atoms with Gasteiger partial charge >= 0.3 is 6.15 Å². The normalized spacial score (nSPS) is 14.2. The van der Waals surface area contributed by atoms with Gasteiger partial charge in [0.25, 0.3) is 5.91 Å². The highest BCUT2D eigenvalue weighted by Crippen LogP contribution is 2.38. The van der Waals surface area contributed by atoms with E-state index in [0.29, 0.717) is 5.69 Å². The van der Waals surface area contributed by atoms with Crippen molar-refractivity contribution in [2.24, 2.45) is 0 Å². The van der Waals surface area contributed by atoms with E-state index in [9.17, 15) is 10.1 Å². The number of benzene rings is 2. The van der Waals surface area contributed by atoms with Crippen LogP contribution in [0.25, 0.3) is 17.3 Å². The summed E-state index contributed by atoms with van der Waals surface area (Å²) in [4.78, 5) is 33.9. The highest BCUT2D eigenvalue weighted by Gasteiger charge is 2.37. The molecule has 33 heavy (non-hydrogen) atoms. The molecule has 164 valence electrons. The largest absolute Gasteiger partial charge is 0.373 e. The molecule has 6 heteroatoms. The average Bonchev–Trinajstić information content (AvgIpc) is 3.34. The van der Waals surface area contributed by atoms with Crippen LogP contribution in [0.5, 0.6) is 0 Å². The summed E-state index contributed by atoms with van der Waals surface area (Å²) in [5, 5.41) is 12.8. The molecule has 1 amide bonds. The van der Waals surface area contributed by atoms with E-state index in [1.807, 2.05) is 72.8 Å². The third-order valence-electron chi connectivity index (χ3n) is 5.63. The molecule has 0 aliphatic heterocycles. The van der Waals surface area contributed by atoms with Gasteiger partial charge in [-0.15, -0.1) is 0 Å². The molecule has 1 aromatic heterocycles. The topological polar surface area (TPSA) is 99.9 Å². The van der Waals surface area contributed by atoms with Crippen molar-refractivity contribution in [1.82, 2.24) is 10.3 Å². The minimum Gasteiger partial charge on any atom is -0.342 e. The van der Waals surface area contributed by atoms with Crippen LogP contribution in [0.2, 0.25) is 0 Å². The van der Waals surface area contributed by atoms with Crippen LogP contribution in [0.4, 0.5) is 0 Å². The van der Waals surface area contributed by atoms with Crippen molar-refractivity contribution in [3.05, 3.63) is 95.7 Å². The molecule has 1 N–H and O–H groups in total. The van der Waals surface area contributed by atoms with Gasteiger partial charge < -0.3 is 5.32 Å². The summed E-state index contributed by atoms with van der Waals surface area (Å²) in [5.41, 5.74) is 3.13. The SMILES string of the molecule is N#C/C(=C\c1cccc(-c2ccccc2)n1)C(=O)NC1(c2ccccc2)CCCC1.O=C=O. The lowest BCUT2D eigenvalue weighted by Gasteiger charge is -2.31. The van der Waals surface area contributed by atoms with E-state index in [2.05, 4.69) is 16.4 Å². The van der Waals surface area contributed by atoms with Gasteiger partial charge in [0.15, 0.2) is 0 Å². The van der Waals surface area contributed by atoms with Gasteiger partial charge in [-0.2, -0.15) is 14.9 Å². The van der Waals surface area contributed by atoms with Gasteiger partial charge in [-0.25, -0.2) is 4.98 Å². The summed E-state index contributed by atoms with van der Waals surface area (Å²) in [6.45, 7) is 0. The van der Waals surface area contributed by atoms with E-state index in [1.165, 1.54) is 0 Å². The molecule has 1 fully saturated rings. The van der Waals surface area contributed by atoms with Gasteiger partial charge in [0.1, 0.15) is 11.6 Å². The van der Waals surface area contributed by atoms with Gasteiger partial charge in [-0.3, -0.25) is 4.79 Å². The Bertz CT molecular complexity index is 1190. The fraction of sp³-hybridized carbons (Fsp3) is 0.185. The standard InChI is InChI=1S/C26H23N3O.CO2/c27-19-21(18-23-14-9-15-24(28-23)20-10-3-1-4-11-20)25(30)29-26(16-7-8-17-26)22-12-5-2-6-13-22;2-1-3/h1-6,9-15,18H,7-8,16-17H2,(H,29,30);/b21-18+;. The highest BCUT2D eigenvalue weighted by atomic mass is 16.2. The van der Waals surface area contributed by atoms with Crippen molar-refractivity contribution >= 4 is 18.1 Å². The molecule has 6 nitrogen and oxygen atoms in total. The molecule has 1 aliphatic rings. The van der Waals surface area contributed by atoms with Crippen LogP contribution in [0, 0.1) is 11.3 Å². The van der Waals surface area contributed by atoms with E-state index in [1.54, 1.807) is 12.1 Å². The Morgan fingerprint density at radius 1 is 0.909 bits per heavy atom. The first kappa shape index (κ1) is 23.3. The number of nitriles is 1. The number of nitrogens with one attached hydrogen (secondary N) is 1. The van der Waals surface area contributed by atoms with Crippen LogP contribution < -0.4 is 5.32 Å². The molecule has 0 atom stereocenters. The number of aromatic nitrogens is 1. The molecule has 0 saturated heterocycles.